The first kappa shape index (κ1) is 21.4. The van der Waals surface area contributed by atoms with Gasteiger partial charge in [0.05, 0.1) is 0 Å². The first-order chi connectivity index (χ1) is 13.6. The number of carbonyl (C=O) groups is 1. The summed E-state index contributed by atoms with van der Waals surface area (Å²) in [6.07, 6.45) is 2.33. The molecule has 0 radical (unpaired) electrons. The average molecular weight is 426 g/mol. The van der Waals surface area contributed by atoms with Gasteiger partial charge in [-0.25, -0.2) is 21.9 Å². The number of aryl methyl sites for hydroxylation is 2. The van der Waals surface area contributed by atoms with Crippen molar-refractivity contribution in [3.63, 3.8) is 0 Å². The molecule has 3 rings (SSSR count). The van der Waals surface area contributed by atoms with E-state index in [-0.39, 0.29) is 11.7 Å². The molecule has 0 unspecified atom stereocenters. The molecule has 1 fully saturated rings. The number of anilines is 1. The van der Waals surface area contributed by atoms with E-state index < -0.39 is 38.2 Å². The van der Waals surface area contributed by atoms with E-state index in [9.17, 15) is 22.0 Å². The van der Waals surface area contributed by atoms with Gasteiger partial charge >= 0.3 is 0 Å². The second kappa shape index (κ2) is 8.21. The normalized spacial score (nSPS) is 16.2. The van der Waals surface area contributed by atoms with Gasteiger partial charge in [0, 0.05) is 25.0 Å². The molecule has 158 valence electrons. The number of hydrogen-bond donors (Lipinski definition) is 2. The Morgan fingerprint density at radius 2 is 1.83 bits per heavy atom. The van der Waals surface area contributed by atoms with Gasteiger partial charge in [0.25, 0.3) is 5.91 Å². The lowest BCUT2D eigenvalue weighted by Gasteiger charge is -2.29. The number of nitrogens with one attached hydrogen (secondary N) is 2. The van der Waals surface area contributed by atoms with E-state index in [1.807, 2.05) is 7.05 Å². The quantitative estimate of drug-likeness (QED) is 0.768. The van der Waals surface area contributed by atoms with Crippen LogP contribution in [0.25, 0.3) is 0 Å². The number of halogens is 2. The highest BCUT2D eigenvalue weighted by atomic mass is 32.2. The highest BCUT2D eigenvalue weighted by molar-refractivity contribution is 7.89. The lowest BCUT2D eigenvalue weighted by molar-refractivity contribution is 0.101. The zero-order valence-electron chi connectivity index (χ0n) is 16.5. The van der Waals surface area contributed by atoms with Crippen LogP contribution < -0.4 is 10.0 Å². The number of nitrogens with zero attached hydrogens (tertiary/aromatic N) is 2. The molecule has 1 amide bonds. The minimum absolute atomic E-state index is 0.281. The summed E-state index contributed by atoms with van der Waals surface area (Å²) >= 11 is 0. The Morgan fingerprint density at radius 1 is 1.17 bits per heavy atom. The number of aromatic nitrogens is 1. The van der Waals surface area contributed by atoms with E-state index in [1.165, 1.54) is 32.2 Å². The number of amides is 1. The Hall–Kier alpha value is -2.30. The topological polar surface area (TPSA) is 83.4 Å². The summed E-state index contributed by atoms with van der Waals surface area (Å²) in [7, 11) is -0.778. The number of hydrogen-bond acceptors (Lipinski definition) is 4. The van der Waals surface area contributed by atoms with Crippen LogP contribution in [0.3, 0.4) is 0 Å². The predicted molar refractivity (Wildman–Crippen MR) is 105 cm³/mol. The lowest BCUT2D eigenvalue weighted by Crippen LogP contribution is -2.43. The van der Waals surface area contributed by atoms with Crippen molar-refractivity contribution in [3.05, 3.63) is 47.3 Å². The van der Waals surface area contributed by atoms with Crippen LogP contribution in [0.2, 0.25) is 0 Å². The maximum Gasteiger partial charge on any atom is 0.275 e. The van der Waals surface area contributed by atoms with E-state index in [0.717, 1.165) is 23.9 Å². The molecule has 1 aromatic carbocycles. The maximum absolute atomic E-state index is 14.9. The monoisotopic (exact) mass is 426 g/mol. The standard InChI is InChI=1S/C19H24F2N4O3S/c1-12-10-14(4-5-15(12)20)22-19(26)18-17(21)16(11-25(18)3)29(27,28)23-13-6-8-24(2)9-7-13/h4-5,10-11,13,23H,6-9H2,1-3H3,(H,22,26). The summed E-state index contributed by atoms with van der Waals surface area (Å²) in [6, 6.07) is 3.66. The van der Waals surface area contributed by atoms with Crippen LogP contribution >= 0.6 is 0 Å². The van der Waals surface area contributed by atoms with Crippen molar-refractivity contribution in [3.8, 4) is 0 Å². The summed E-state index contributed by atoms with van der Waals surface area (Å²) < 4.78 is 57.3. The molecular weight excluding hydrogens is 402 g/mol. The molecule has 0 aliphatic carbocycles. The van der Waals surface area contributed by atoms with Gasteiger partial charge in [-0.05, 0) is 63.7 Å². The van der Waals surface area contributed by atoms with Crippen LogP contribution in [-0.4, -0.2) is 50.0 Å². The highest BCUT2D eigenvalue weighted by Crippen LogP contribution is 2.23. The fourth-order valence-electron chi connectivity index (χ4n) is 3.34. The fourth-order valence-corrected chi connectivity index (χ4v) is 4.77. The zero-order chi connectivity index (χ0) is 21.3. The molecule has 1 aliphatic heterocycles. The molecule has 0 saturated carbocycles. The third-order valence-corrected chi connectivity index (χ3v) is 6.56. The molecule has 2 aromatic rings. The van der Waals surface area contributed by atoms with Gasteiger partial charge in [-0.3, -0.25) is 4.79 Å². The second-order valence-corrected chi connectivity index (χ2v) is 9.07. The number of sulfonamides is 1. The minimum Gasteiger partial charge on any atom is -0.343 e. The van der Waals surface area contributed by atoms with Crippen LogP contribution in [-0.2, 0) is 17.1 Å². The summed E-state index contributed by atoms with van der Waals surface area (Å²) in [4.78, 5) is 14.1. The SMILES string of the molecule is Cc1cc(NC(=O)c2c(F)c(S(=O)(=O)NC3CCN(C)CC3)cn2C)ccc1F. The highest BCUT2D eigenvalue weighted by Gasteiger charge is 2.31. The molecule has 0 atom stereocenters. The van der Waals surface area contributed by atoms with E-state index in [4.69, 9.17) is 0 Å². The van der Waals surface area contributed by atoms with Crippen molar-refractivity contribution in [2.24, 2.45) is 7.05 Å². The van der Waals surface area contributed by atoms with Crippen molar-refractivity contribution < 1.29 is 22.0 Å². The molecule has 0 bridgehead atoms. The third kappa shape index (κ3) is 4.65. The minimum atomic E-state index is -4.12. The number of carbonyl (C=O) groups excluding carboxylic acids is 1. The second-order valence-electron chi connectivity index (χ2n) is 7.38. The zero-order valence-corrected chi connectivity index (χ0v) is 17.3. The molecule has 2 heterocycles. The van der Waals surface area contributed by atoms with Crippen molar-refractivity contribution in [1.82, 2.24) is 14.2 Å². The van der Waals surface area contributed by atoms with Crippen molar-refractivity contribution in [2.45, 2.75) is 30.7 Å². The van der Waals surface area contributed by atoms with E-state index in [1.54, 1.807) is 0 Å². The number of rotatable bonds is 5. The van der Waals surface area contributed by atoms with Gasteiger partial charge in [-0.2, -0.15) is 0 Å². The van der Waals surface area contributed by atoms with E-state index >= 15 is 0 Å². The molecule has 7 nitrogen and oxygen atoms in total. The maximum atomic E-state index is 14.9. The van der Waals surface area contributed by atoms with Crippen LogP contribution in [0.1, 0.15) is 28.9 Å². The fraction of sp³-hybridized carbons (Fsp3) is 0.421. The lowest BCUT2D eigenvalue weighted by atomic mass is 10.1. The van der Waals surface area contributed by atoms with Gasteiger partial charge in [0.15, 0.2) is 5.82 Å². The molecule has 29 heavy (non-hydrogen) atoms. The van der Waals surface area contributed by atoms with Crippen molar-refractivity contribution in [1.29, 1.82) is 0 Å². The van der Waals surface area contributed by atoms with Crippen molar-refractivity contribution >= 4 is 21.6 Å². The third-order valence-electron chi connectivity index (χ3n) is 5.05. The number of piperidine rings is 1. The molecule has 1 aromatic heterocycles. The van der Waals surface area contributed by atoms with E-state index in [0.29, 0.717) is 18.4 Å². The van der Waals surface area contributed by atoms with Gasteiger partial charge in [-0.15, -0.1) is 0 Å². The van der Waals surface area contributed by atoms with Gasteiger partial charge in [0.1, 0.15) is 16.4 Å². The summed E-state index contributed by atoms with van der Waals surface area (Å²) in [5.74, 6) is -2.37. The number of likely N-dealkylation sites (tertiary alicyclic amines) is 1. The summed E-state index contributed by atoms with van der Waals surface area (Å²) in [5.41, 5.74) is 0.180. The van der Waals surface area contributed by atoms with Gasteiger partial charge < -0.3 is 14.8 Å². The Kier molecular flexibility index (Phi) is 6.06. The molecular formula is C19H24F2N4O3S. The van der Waals surface area contributed by atoms with Crippen LogP contribution in [0.4, 0.5) is 14.5 Å². The van der Waals surface area contributed by atoms with E-state index in [2.05, 4.69) is 14.9 Å². The largest absolute Gasteiger partial charge is 0.343 e. The van der Waals surface area contributed by atoms with Gasteiger partial charge in [0.2, 0.25) is 10.0 Å². The Balaban J connectivity index is 1.81. The van der Waals surface area contributed by atoms with Crippen LogP contribution in [0.5, 0.6) is 0 Å². The van der Waals surface area contributed by atoms with Crippen LogP contribution in [0.15, 0.2) is 29.3 Å². The molecule has 0 spiro atoms. The first-order valence-electron chi connectivity index (χ1n) is 9.21. The molecule has 1 saturated heterocycles. The summed E-state index contributed by atoms with van der Waals surface area (Å²) in [5, 5.41) is 2.47. The smallest absolute Gasteiger partial charge is 0.275 e. The number of benzene rings is 1. The van der Waals surface area contributed by atoms with Crippen molar-refractivity contribution in [2.75, 3.05) is 25.5 Å². The Labute approximate surface area is 168 Å². The Bertz CT molecular complexity index is 1030. The van der Waals surface area contributed by atoms with Gasteiger partial charge in [-0.1, -0.05) is 0 Å². The molecule has 2 N–H and O–H groups in total. The first-order valence-corrected chi connectivity index (χ1v) is 10.7. The average Bonchev–Trinajstić information content (AvgIpc) is 2.95. The van der Waals surface area contributed by atoms with Crippen LogP contribution in [0, 0.1) is 18.6 Å². The Morgan fingerprint density at radius 3 is 2.45 bits per heavy atom. The summed E-state index contributed by atoms with van der Waals surface area (Å²) in [6.45, 7) is 3.03. The molecule has 1 aliphatic rings. The molecule has 10 heteroatoms. The predicted octanol–water partition coefficient (Wildman–Crippen LogP) is 2.24.